The van der Waals surface area contributed by atoms with E-state index in [0.717, 1.165) is 22.1 Å². The molecule has 0 saturated carbocycles. The fourth-order valence-corrected chi connectivity index (χ4v) is 2.96. The Morgan fingerprint density at radius 1 is 1.11 bits per heavy atom. The van der Waals surface area contributed by atoms with Gasteiger partial charge in [-0.2, -0.15) is 0 Å². The van der Waals surface area contributed by atoms with Gasteiger partial charge >= 0.3 is 0 Å². The lowest BCUT2D eigenvalue weighted by molar-refractivity contribution is 0.629. The van der Waals surface area contributed by atoms with E-state index in [4.69, 9.17) is 23.2 Å². The molecule has 0 saturated heterocycles. The topological polar surface area (TPSA) is 12.0 Å². The predicted octanol–water partition coefficient (Wildman–Crippen LogP) is 5.45. The van der Waals surface area contributed by atoms with Crippen LogP contribution in [0.5, 0.6) is 0 Å². The number of rotatable bonds is 4. The molecule has 0 heterocycles. The van der Waals surface area contributed by atoms with Crippen molar-refractivity contribution in [2.45, 2.75) is 13.0 Å². The first-order valence-corrected chi connectivity index (χ1v) is 7.61. The summed E-state index contributed by atoms with van der Waals surface area (Å²) in [5, 5.41) is 4.85. The minimum absolute atomic E-state index is 0.0202. The van der Waals surface area contributed by atoms with Crippen LogP contribution < -0.4 is 5.32 Å². The first-order chi connectivity index (χ1) is 9.13. The molecule has 4 heteroatoms. The Bertz CT molecular complexity index is 572. The molecule has 0 bridgehead atoms. The van der Waals surface area contributed by atoms with E-state index in [1.54, 1.807) is 6.07 Å². The zero-order valence-electron chi connectivity index (χ0n) is 10.5. The van der Waals surface area contributed by atoms with Crippen LogP contribution in [0.1, 0.15) is 24.1 Å². The summed E-state index contributed by atoms with van der Waals surface area (Å²) >= 11 is 16.0. The van der Waals surface area contributed by atoms with Crippen molar-refractivity contribution in [1.29, 1.82) is 0 Å². The lowest BCUT2D eigenvalue weighted by atomic mass is 9.98. The lowest BCUT2D eigenvalue weighted by Crippen LogP contribution is -2.22. The molecular weight excluding hydrogens is 345 g/mol. The summed E-state index contributed by atoms with van der Waals surface area (Å²) in [4.78, 5) is 0. The number of nitrogens with one attached hydrogen (secondary N) is 1. The van der Waals surface area contributed by atoms with E-state index in [9.17, 15) is 0 Å². The average molecular weight is 359 g/mol. The Morgan fingerprint density at radius 2 is 1.84 bits per heavy atom. The van der Waals surface area contributed by atoms with Crippen LogP contribution in [0, 0.1) is 0 Å². The molecule has 100 valence electrons. The Balaban J connectivity index is 2.51. The smallest absolute Gasteiger partial charge is 0.0603 e. The molecule has 0 aliphatic heterocycles. The van der Waals surface area contributed by atoms with Crippen molar-refractivity contribution in [3.8, 4) is 0 Å². The van der Waals surface area contributed by atoms with Crippen LogP contribution in [0.15, 0.2) is 46.9 Å². The third kappa shape index (κ3) is 3.51. The highest BCUT2D eigenvalue weighted by Crippen LogP contribution is 2.33. The van der Waals surface area contributed by atoms with E-state index in [0.29, 0.717) is 10.0 Å². The Hall–Kier alpha value is -0.540. The summed E-state index contributed by atoms with van der Waals surface area (Å²) in [6.07, 6.45) is 0. The van der Waals surface area contributed by atoms with Crippen molar-refractivity contribution in [2.24, 2.45) is 0 Å². The van der Waals surface area contributed by atoms with Gasteiger partial charge < -0.3 is 5.32 Å². The molecule has 2 aromatic rings. The van der Waals surface area contributed by atoms with E-state index in [-0.39, 0.29) is 6.04 Å². The summed E-state index contributed by atoms with van der Waals surface area (Å²) in [5.74, 6) is 0. The molecule has 1 N–H and O–H groups in total. The second kappa shape index (κ2) is 6.76. The van der Waals surface area contributed by atoms with Crippen LogP contribution in [-0.2, 0) is 0 Å². The van der Waals surface area contributed by atoms with Crippen molar-refractivity contribution in [3.63, 3.8) is 0 Å². The second-order valence-corrected chi connectivity index (χ2v) is 5.88. The third-order valence-electron chi connectivity index (χ3n) is 2.89. The van der Waals surface area contributed by atoms with Crippen molar-refractivity contribution in [3.05, 3.63) is 68.1 Å². The average Bonchev–Trinajstić information content (AvgIpc) is 2.40. The van der Waals surface area contributed by atoms with E-state index in [1.807, 2.05) is 30.3 Å². The second-order valence-electron chi connectivity index (χ2n) is 4.18. The van der Waals surface area contributed by atoms with E-state index in [1.165, 1.54) is 0 Å². The van der Waals surface area contributed by atoms with Crippen LogP contribution in [-0.4, -0.2) is 6.54 Å². The van der Waals surface area contributed by atoms with Gasteiger partial charge in [0.05, 0.1) is 6.04 Å². The van der Waals surface area contributed by atoms with Gasteiger partial charge in [-0.15, -0.1) is 0 Å². The van der Waals surface area contributed by atoms with Gasteiger partial charge in [-0.3, -0.25) is 0 Å². The summed E-state index contributed by atoms with van der Waals surface area (Å²) in [6, 6.07) is 13.7. The van der Waals surface area contributed by atoms with Crippen LogP contribution >= 0.6 is 39.1 Å². The van der Waals surface area contributed by atoms with Gasteiger partial charge in [-0.05, 0) is 41.9 Å². The molecule has 0 aliphatic carbocycles. The first kappa shape index (κ1) is 14.9. The minimum Gasteiger partial charge on any atom is -0.306 e. The maximum absolute atomic E-state index is 6.31. The molecule has 1 unspecified atom stereocenters. The van der Waals surface area contributed by atoms with E-state index < -0.39 is 0 Å². The Labute approximate surface area is 132 Å². The van der Waals surface area contributed by atoms with Gasteiger partial charge in [0.15, 0.2) is 0 Å². The van der Waals surface area contributed by atoms with E-state index in [2.05, 4.69) is 34.2 Å². The van der Waals surface area contributed by atoms with Crippen LogP contribution in [0.25, 0.3) is 0 Å². The molecule has 2 rings (SSSR count). The van der Waals surface area contributed by atoms with Gasteiger partial charge in [0.1, 0.15) is 0 Å². The van der Waals surface area contributed by atoms with Crippen LogP contribution in [0.3, 0.4) is 0 Å². The highest BCUT2D eigenvalue weighted by molar-refractivity contribution is 9.10. The van der Waals surface area contributed by atoms with Crippen molar-refractivity contribution >= 4 is 39.1 Å². The highest BCUT2D eigenvalue weighted by Gasteiger charge is 2.18. The third-order valence-corrected chi connectivity index (χ3v) is 4.19. The molecule has 0 aliphatic rings. The highest BCUT2D eigenvalue weighted by atomic mass is 79.9. The number of benzene rings is 2. The molecule has 0 spiro atoms. The van der Waals surface area contributed by atoms with Gasteiger partial charge in [0.2, 0.25) is 0 Å². The van der Waals surface area contributed by atoms with Gasteiger partial charge in [-0.1, -0.05) is 64.3 Å². The lowest BCUT2D eigenvalue weighted by Gasteiger charge is -2.21. The monoisotopic (exact) mass is 357 g/mol. The summed E-state index contributed by atoms with van der Waals surface area (Å²) in [6.45, 7) is 2.91. The fourth-order valence-electron chi connectivity index (χ4n) is 2.04. The number of hydrogen-bond acceptors (Lipinski definition) is 1. The zero-order chi connectivity index (χ0) is 13.8. The molecule has 0 amide bonds. The minimum atomic E-state index is 0.0202. The van der Waals surface area contributed by atoms with Gasteiger partial charge in [-0.25, -0.2) is 0 Å². The molecule has 0 aromatic heterocycles. The van der Waals surface area contributed by atoms with Crippen molar-refractivity contribution < 1.29 is 0 Å². The Kier molecular flexibility index (Phi) is 5.28. The normalized spacial score (nSPS) is 12.4. The molecule has 0 radical (unpaired) electrons. The summed E-state index contributed by atoms with van der Waals surface area (Å²) in [5.41, 5.74) is 2.14. The van der Waals surface area contributed by atoms with Crippen LogP contribution in [0.2, 0.25) is 10.0 Å². The molecule has 1 nitrogen and oxygen atoms in total. The van der Waals surface area contributed by atoms with Crippen molar-refractivity contribution in [1.82, 2.24) is 5.32 Å². The maximum atomic E-state index is 6.31. The Morgan fingerprint density at radius 3 is 2.53 bits per heavy atom. The van der Waals surface area contributed by atoms with Crippen molar-refractivity contribution in [2.75, 3.05) is 6.54 Å². The molecular formula is C15H14BrCl2N. The quantitative estimate of drug-likeness (QED) is 0.765. The SMILES string of the molecule is CCNC(c1cc(Cl)ccc1Cl)c1ccccc1Br. The standard InChI is InChI=1S/C15H14BrCl2N/c1-2-19-15(11-5-3-4-6-13(11)16)12-9-10(17)7-8-14(12)18/h3-9,15,19H,2H2,1H3. The largest absolute Gasteiger partial charge is 0.306 e. The molecule has 2 aromatic carbocycles. The summed E-state index contributed by atoms with van der Waals surface area (Å²) in [7, 11) is 0. The maximum Gasteiger partial charge on any atom is 0.0603 e. The molecule has 0 fully saturated rings. The molecule has 19 heavy (non-hydrogen) atoms. The zero-order valence-corrected chi connectivity index (χ0v) is 13.6. The first-order valence-electron chi connectivity index (χ1n) is 6.06. The van der Waals surface area contributed by atoms with Crippen LogP contribution in [0.4, 0.5) is 0 Å². The molecule has 1 atom stereocenters. The fraction of sp³-hybridized carbons (Fsp3) is 0.200. The van der Waals surface area contributed by atoms with E-state index >= 15 is 0 Å². The number of hydrogen-bond donors (Lipinski definition) is 1. The predicted molar refractivity (Wildman–Crippen MR) is 86.1 cm³/mol. The van der Waals surface area contributed by atoms with Gasteiger partial charge in [0, 0.05) is 14.5 Å². The number of halogens is 3. The summed E-state index contributed by atoms with van der Waals surface area (Å²) < 4.78 is 1.05. The van der Waals surface area contributed by atoms with Gasteiger partial charge in [0.25, 0.3) is 0 Å².